The standard InChI is InChI=1S/C17H24N2O3/c1-11(2)15(16(20)19-17(3,4)10-18)12-7-8-13(21-5)14(9-12)22-6/h7-9,11,15H,1-6H3,(H,19,20). The van der Waals surface area contributed by atoms with E-state index in [4.69, 9.17) is 14.7 Å². The monoisotopic (exact) mass is 304 g/mol. The summed E-state index contributed by atoms with van der Waals surface area (Å²) in [5, 5.41) is 11.9. The molecule has 0 aliphatic carbocycles. The Hall–Kier alpha value is -2.22. The number of ether oxygens (including phenoxy) is 2. The number of nitrogens with zero attached hydrogens (tertiary/aromatic N) is 1. The number of nitriles is 1. The van der Waals surface area contributed by atoms with Crippen molar-refractivity contribution in [3.05, 3.63) is 23.8 Å². The molecule has 1 amide bonds. The van der Waals surface area contributed by atoms with Crippen LogP contribution in [0.5, 0.6) is 11.5 Å². The van der Waals surface area contributed by atoms with Crippen molar-refractivity contribution in [3.8, 4) is 17.6 Å². The molecule has 5 heteroatoms. The lowest BCUT2D eigenvalue weighted by molar-refractivity contribution is -0.124. The average Bonchev–Trinajstić information content (AvgIpc) is 2.46. The normalized spacial score (nSPS) is 12.5. The molecule has 0 saturated heterocycles. The van der Waals surface area contributed by atoms with E-state index in [0.29, 0.717) is 11.5 Å². The van der Waals surface area contributed by atoms with Crippen LogP contribution < -0.4 is 14.8 Å². The van der Waals surface area contributed by atoms with Gasteiger partial charge in [-0.25, -0.2) is 0 Å². The Labute approximate surface area is 132 Å². The van der Waals surface area contributed by atoms with E-state index < -0.39 is 5.54 Å². The number of carbonyl (C=O) groups is 1. The summed E-state index contributed by atoms with van der Waals surface area (Å²) in [7, 11) is 3.13. The Morgan fingerprint density at radius 1 is 1.23 bits per heavy atom. The molecule has 0 bridgehead atoms. The largest absolute Gasteiger partial charge is 0.493 e. The maximum absolute atomic E-state index is 12.6. The van der Waals surface area contributed by atoms with Gasteiger partial charge in [0.1, 0.15) is 5.54 Å². The number of benzene rings is 1. The summed E-state index contributed by atoms with van der Waals surface area (Å²) in [4.78, 5) is 12.6. The second kappa shape index (κ2) is 7.17. The van der Waals surface area contributed by atoms with Crippen LogP contribution in [0.1, 0.15) is 39.2 Å². The van der Waals surface area contributed by atoms with Crippen molar-refractivity contribution >= 4 is 5.91 Å². The molecule has 1 aromatic rings. The van der Waals surface area contributed by atoms with Gasteiger partial charge < -0.3 is 14.8 Å². The minimum Gasteiger partial charge on any atom is -0.493 e. The number of hydrogen-bond acceptors (Lipinski definition) is 4. The highest BCUT2D eigenvalue weighted by Gasteiger charge is 2.29. The van der Waals surface area contributed by atoms with E-state index in [9.17, 15) is 4.79 Å². The first-order valence-corrected chi connectivity index (χ1v) is 7.21. The van der Waals surface area contributed by atoms with E-state index in [-0.39, 0.29) is 17.7 Å². The molecule has 22 heavy (non-hydrogen) atoms. The molecule has 0 fully saturated rings. The van der Waals surface area contributed by atoms with Gasteiger partial charge in [-0.05, 0) is 37.5 Å². The molecule has 0 aliphatic heterocycles. The molecule has 1 aromatic carbocycles. The van der Waals surface area contributed by atoms with Crippen LogP contribution in [-0.4, -0.2) is 25.7 Å². The fraction of sp³-hybridized carbons (Fsp3) is 0.529. The van der Waals surface area contributed by atoms with Gasteiger partial charge in [-0.3, -0.25) is 4.79 Å². The first kappa shape index (κ1) is 17.8. The molecule has 120 valence electrons. The zero-order valence-corrected chi connectivity index (χ0v) is 14.1. The molecule has 0 aliphatic rings. The minimum atomic E-state index is -0.902. The molecule has 1 rings (SSSR count). The van der Waals surface area contributed by atoms with Crippen molar-refractivity contribution < 1.29 is 14.3 Å². The van der Waals surface area contributed by atoms with Gasteiger partial charge in [-0.1, -0.05) is 19.9 Å². The summed E-state index contributed by atoms with van der Waals surface area (Å²) < 4.78 is 10.5. The zero-order chi connectivity index (χ0) is 16.9. The second-order valence-corrected chi connectivity index (χ2v) is 6.06. The van der Waals surface area contributed by atoms with Gasteiger partial charge in [0.25, 0.3) is 0 Å². The minimum absolute atomic E-state index is 0.0765. The maximum atomic E-state index is 12.6. The summed E-state index contributed by atoms with van der Waals surface area (Å²) >= 11 is 0. The molecule has 0 heterocycles. The first-order valence-electron chi connectivity index (χ1n) is 7.21. The second-order valence-electron chi connectivity index (χ2n) is 6.06. The van der Waals surface area contributed by atoms with Crippen LogP contribution in [0.15, 0.2) is 18.2 Å². The highest BCUT2D eigenvalue weighted by Crippen LogP contribution is 2.33. The molecule has 0 radical (unpaired) electrons. The van der Waals surface area contributed by atoms with Gasteiger partial charge in [-0.2, -0.15) is 5.26 Å². The molecule has 5 nitrogen and oxygen atoms in total. The summed E-state index contributed by atoms with van der Waals surface area (Å²) in [6.45, 7) is 7.30. The number of nitrogens with one attached hydrogen (secondary N) is 1. The van der Waals surface area contributed by atoms with Gasteiger partial charge in [0.2, 0.25) is 5.91 Å². The van der Waals surface area contributed by atoms with E-state index in [1.807, 2.05) is 26.0 Å². The maximum Gasteiger partial charge on any atom is 0.229 e. The zero-order valence-electron chi connectivity index (χ0n) is 14.1. The van der Waals surface area contributed by atoms with Crippen LogP contribution in [0.2, 0.25) is 0 Å². The molecular formula is C17H24N2O3. The Morgan fingerprint density at radius 2 is 1.82 bits per heavy atom. The predicted molar refractivity (Wildman–Crippen MR) is 85.0 cm³/mol. The lowest BCUT2D eigenvalue weighted by Gasteiger charge is -2.26. The fourth-order valence-electron chi connectivity index (χ4n) is 2.30. The van der Waals surface area contributed by atoms with E-state index in [1.165, 1.54) is 0 Å². The summed E-state index contributed by atoms with van der Waals surface area (Å²) in [5.74, 6) is 0.735. The molecule has 1 unspecified atom stereocenters. The summed E-state index contributed by atoms with van der Waals surface area (Å²) in [6, 6.07) is 7.53. The number of rotatable bonds is 6. The highest BCUT2D eigenvalue weighted by molar-refractivity contribution is 5.85. The first-order chi connectivity index (χ1) is 10.3. The van der Waals surface area contributed by atoms with Crippen molar-refractivity contribution in [2.75, 3.05) is 14.2 Å². The Balaban J connectivity index is 3.17. The molecule has 0 aromatic heterocycles. The lowest BCUT2D eigenvalue weighted by Crippen LogP contribution is -2.45. The molecular weight excluding hydrogens is 280 g/mol. The average molecular weight is 304 g/mol. The van der Waals surface area contributed by atoms with Gasteiger partial charge in [0.15, 0.2) is 11.5 Å². The SMILES string of the molecule is COc1ccc(C(C(=O)NC(C)(C)C#N)C(C)C)cc1OC. The third-order valence-corrected chi connectivity index (χ3v) is 3.43. The van der Waals surface area contributed by atoms with Crippen LogP contribution in [0.4, 0.5) is 0 Å². The van der Waals surface area contributed by atoms with E-state index in [0.717, 1.165) is 5.56 Å². The highest BCUT2D eigenvalue weighted by atomic mass is 16.5. The molecule has 0 saturated carbocycles. The Kier molecular flexibility index (Phi) is 5.81. The van der Waals surface area contributed by atoms with E-state index >= 15 is 0 Å². The number of hydrogen-bond donors (Lipinski definition) is 1. The number of amides is 1. The van der Waals surface area contributed by atoms with Crippen molar-refractivity contribution in [2.24, 2.45) is 5.92 Å². The van der Waals surface area contributed by atoms with Crippen LogP contribution in [0.25, 0.3) is 0 Å². The van der Waals surface area contributed by atoms with Crippen LogP contribution in [0.3, 0.4) is 0 Å². The van der Waals surface area contributed by atoms with Crippen LogP contribution in [0, 0.1) is 17.2 Å². The van der Waals surface area contributed by atoms with E-state index in [2.05, 4.69) is 11.4 Å². The quantitative estimate of drug-likeness (QED) is 0.877. The third kappa shape index (κ3) is 4.14. The van der Waals surface area contributed by atoms with Gasteiger partial charge in [-0.15, -0.1) is 0 Å². The van der Waals surface area contributed by atoms with Crippen LogP contribution in [-0.2, 0) is 4.79 Å². The lowest BCUT2D eigenvalue weighted by atomic mass is 9.86. The molecule has 1 N–H and O–H groups in total. The van der Waals surface area contributed by atoms with Crippen molar-refractivity contribution in [2.45, 2.75) is 39.2 Å². The van der Waals surface area contributed by atoms with Crippen molar-refractivity contribution in [1.82, 2.24) is 5.32 Å². The fourth-order valence-corrected chi connectivity index (χ4v) is 2.30. The Morgan fingerprint density at radius 3 is 2.27 bits per heavy atom. The van der Waals surface area contributed by atoms with Crippen molar-refractivity contribution in [1.29, 1.82) is 5.26 Å². The predicted octanol–water partition coefficient (Wildman–Crippen LogP) is 2.86. The summed E-state index contributed by atoms with van der Waals surface area (Å²) in [6.07, 6.45) is 0. The van der Waals surface area contributed by atoms with Gasteiger partial charge in [0.05, 0.1) is 26.2 Å². The number of carbonyl (C=O) groups excluding carboxylic acids is 1. The van der Waals surface area contributed by atoms with Gasteiger partial charge in [0, 0.05) is 0 Å². The topological polar surface area (TPSA) is 71.3 Å². The van der Waals surface area contributed by atoms with E-state index in [1.54, 1.807) is 34.1 Å². The van der Waals surface area contributed by atoms with Crippen LogP contribution >= 0.6 is 0 Å². The smallest absolute Gasteiger partial charge is 0.229 e. The third-order valence-electron chi connectivity index (χ3n) is 3.43. The van der Waals surface area contributed by atoms with Gasteiger partial charge >= 0.3 is 0 Å². The van der Waals surface area contributed by atoms with Crippen molar-refractivity contribution in [3.63, 3.8) is 0 Å². The summed E-state index contributed by atoms with van der Waals surface area (Å²) in [5.41, 5.74) is -0.0697. The molecule has 0 spiro atoms. The Bertz CT molecular complexity index is 574. The number of methoxy groups -OCH3 is 2. The molecule has 1 atom stereocenters.